The molecule has 0 aliphatic heterocycles. The molecule has 5 nitrogen and oxygen atoms in total. The van der Waals surface area contributed by atoms with Crippen LogP contribution in [0.1, 0.15) is 5.56 Å². The predicted molar refractivity (Wildman–Crippen MR) is 65.1 cm³/mol. The van der Waals surface area contributed by atoms with Gasteiger partial charge in [-0.3, -0.25) is 4.79 Å². The average Bonchev–Trinajstić information content (AvgIpc) is 2.21. The molecular formula is C10H12BrN3O2. The second-order valence-corrected chi connectivity index (χ2v) is 4.08. The molecule has 3 amide bonds. The van der Waals surface area contributed by atoms with Gasteiger partial charge in [-0.1, -0.05) is 15.9 Å². The van der Waals surface area contributed by atoms with Gasteiger partial charge in [0.15, 0.2) is 0 Å². The van der Waals surface area contributed by atoms with Gasteiger partial charge in [0, 0.05) is 10.2 Å². The Labute approximate surface area is 102 Å². The van der Waals surface area contributed by atoms with Crippen molar-refractivity contribution >= 4 is 33.6 Å². The van der Waals surface area contributed by atoms with Gasteiger partial charge in [-0.15, -0.1) is 0 Å². The summed E-state index contributed by atoms with van der Waals surface area (Å²) in [5.74, 6) is -0.319. The fourth-order valence-electron chi connectivity index (χ4n) is 1.10. The Kier molecular flexibility index (Phi) is 4.30. The predicted octanol–water partition coefficient (Wildman–Crippen LogP) is 1.36. The number of nitrogens with one attached hydrogen (secondary N) is 2. The summed E-state index contributed by atoms with van der Waals surface area (Å²) in [5.41, 5.74) is 6.53. The Morgan fingerprint density at radius 3 is 2.69 bits per heavy atom. The van der Waals surface area contributed by atoms with Crippen molar-refractivity contribution in [1.82, 2.24) is 5.32 Å². The topological polar surface area (TPSA) is 84.2 Å². The van der Waals surface area contributed by atoms with Crippen molar-refractivity contribution in [2.24, 2.45) is 5.73 Å². The molecule has 0 bridgehead atoms. The van der Waals surface area contributed by atoms with E-state index in [4.69, 9.17) is 5.73 Å². The zero-order valence-corrected chi connectivity index (χ0v) is 10.3. The van der Waals surface area contributed by atoms with E-state index in [0.717, 1.165) is 10.0 Å². The number of carbonyl (C=O) groups excluding carboxylic acids is 2. The molecule has 0 fully saturated rings. The molecule has 0 aliphatic rings. The number of urea groups is 1. The Bertz CT molecular complexity index is 421. The Morgan fingerprint density at radius 1 is 1.44 bits per heavy atom. The molecule has 1 aromatic carbocycles. The SMILES string of the molecule is Cc1cc(NC(=O)CNC(N)=O)ccc1Br. The van der Waals surface area contributed by atoms with Crippen molar-refractivity contribution < 1.29 is 9.59 Å². The van der Waals surface area contributed by atoms with Gasteiger partial charge in [-0.2, -0.15) is 0 Å². The normalized spacial score (nSPS) is 9.62. The van der Waals surface area contributed by atoms with Gasteiger partial charge in [0.05, 0.1) is 6.54 Å². The Balaban J connectivity index is 2.56. The number of halogens is 1. The maximum atomic E-state index is 11.3. The van der Waals surface area contributed by atoms with Crippen LogP contribution in [0.3, 0.4) is 0 Å². The lowest BCUT2D eigenvalue weighted by atomic mass is 10.2. The van der Waals surface area contributed by atoms with Crippen molar-refractivity contribution in [3.63, 3.8) is 0 Å². The van der Waals surface area contributed by atoms with Crippen LogP contribution in [0.5, 0.6) is 0 Å². The number of benzene rings is 1. The molecule has 0 radical (unpaired) electrons. The van der Waals surface area contributed by atoms with Crippen LogP contribution in [0.15, 0.2) is 22.7 Å². The highest BCUT2D eigenvalue weighted by atomic mass is 79.9. The van der Waals surface area contributed by atoms with Gasteiger partial charge in [0.2, 0.25) is 5.91 Å². The Morgan fingerprint density at radius 2 is 2.12 bits per heavy atom. The molecule has 1 aromatic rings. The molecule has 0 aromatic heterocycles. The third-order valence-corrected chi connectivity index (χ3v) is 2.75. The summed E-state index contributed by atoms with van der Waals surface area (Å²) in [7, 11) is 0. The van der Waals surface area contributed by atoms with Crippen LogP contribution in [0.2, 0.25) is 0 Å². The minimum Gasteiger partial charge on any atom is -0.352 e. The van der Waals surface area contributed by atoms with Crippen LogP contribution in [-0.4, -0.2) is 18.5 Å². The molecule has 16 heavy (non-hydrogen) atoms. The third-order valence-electron chi connectivity index (χ3n) is 1.86. The lowest BCUT2D eigenvalue weighted by Crippen LogP contribution is -2.36. The first-order valence-corrected chi connectivity index (χ1v) is 5.37. The molecule has 6 heteroatoms. The lowest BCUT2D eigenvalue weighted by molar-refractivity contribution is -0.115. The molecule has 0 saturated carbocycles. The van der Waals surface area contributed by atoms with E-state index in [1.807, 2.05) is 19.1 Å². The minimum absolute atomic E-state index is 0.134. The standard InChI is InChI=1S/C10H12BrN3O2/c1-6-4-7(2-3-8(6)11)14-9(15)5-13-10(12)16/h2-4H,5H2,1H3,(H,14,15)(H3,12,13,16). The van der Waals surface area contributed by atoms with Gasteiger partial charge in [-0.25, -0.2) is 4.79 Å². The monoisotopic (exact) mass is 285 g/mol. The zero-order valence-electron chi connectivity index (χ0n) is 8.71. The van der Waals surface area contributed by atoms with Crippen molar-refractivity contribution in [1.29, 1.82) is 0 Å². The van der Waals surface area contributed by atoms with Crippen LogP contribution in [0.25, 0.3) is 0 Å². The summed E-state index contributed by atoms with van der Waals surface area (Å²) in [6.07, 6.45) is 0. The van der Waals surface area contributed by atoms with Gasteiger partial charge in [0.1, 0.15) is 0 Å². The maximum Gasteiger partial charge on any atom is 0.312 e. The van der Waals surface area contributed by atoms with E-state index < -0.39 is 6.03 Å². The molecule has 0 spiro atoms. The van der Waals surface area contributed by atoms with Crippen LogP contribution in [0, 0.1) is 6.92 Å². The second-order valence-electron chi connectivity index (χ2n) is 3.23. The number of rotatable bonds is 3. The smallest absolute Gasteiger partial charge is 0.312 e. The number of primary amides is 1. The van der Waals surface area contributed by atoms with Crippen molar-refractivity contribution in [3.05, 3.63) is 28.2 Å². The number of amides is 3. The number of nitrogens with two attached hydrogens (primary N) is 1. The third kappa shape index (κ3) is 3.90. The first-order chi connectivity index (χ1) is 7.49. The highest BCUT2D eigenvalue weighted by Crippen LogP contribution is 2.19. The molecule has 1 rings (SSSR count). The highest BCUT2D eigenvalue weighted by molar-refractivity contribution is 9.10. The zero-order chi connectivity index (χ0) is 12.1. The summed E-state index contributed by atoms with van der Waals surface area (Å²) in [4.78, 5) is 21.7. The van der Waals surface area contributed by atoms with Gasteiger partial charge in [0.25, 0.3) is 0 Å². The average molecular weight is 286 g/mol. The number of hydrogen-bond donors (Lipinski definition) is 3. The molecule has 4 N–H and O–H groups in total. The van der Waals surface area contributed by atoms with E-state index in [1.165, 1.54) is 0 Å². The number of anilines is 1. The number of aryl methyl sites for hydroxylation is 1. The van der Waals surface area contributed by atoms with Gasteiger partial charge >= 0.3 is 6.03 Å². The number of hydrogen-bond acceptors (Lipinski definition) is 2. The molecule has 0 saturated heterocycles. The van der Waals surface area contributed by atoms with E-state index in [0.29, 0.717) is 5.69 Å². The minimum atomic E-state index is -0.720. The van der Waals surface area contributed by atoms with Crippen LogP contribution < -0.4 is 16.4 Å². The van der Waals surface area contributed by atoms with Crippen molar-refractivity contribution in [2.45, 2.75) is 6.92 Å². The summed E-state index contributed by atoms with van der Waals surface area (Å²) < 4.78 is 0.973. The summed E-state index contributed by atoms with van der Waals surface area (Å²) >= 11 is 3.36. The largest absolute Gasteiger partial charge is 0.352 e. The molecule has 0 unspecified atom stereocenters. The van der Waals surface area contributed by atoms with Crippen molar-refractivity contribution in [2.75, 3.05) is 11.9 Å². The fourth-order valence-corrected chi connectivity index (χ4v) is 1.34. The molecule has 0 heterocycles. The summed E-state index contributed by atoms with van der Waals surface area (Å²) in [5, 5.41) is 4.84. The van der Waals surface area contributed by atoms with Crippen LogP contribution in [-0.2, 0) is 4.79 Å². The summed E-state index contributed by atoms with van der Waals surface area (Å²) in [6.45, 7) is 1.78. The molecular weight excluding hydrogens is 274 g/mol. The van der Waals surface area contributed by atoms with Gasteiger partial charge in [-0.05, 0) is 30.7 Å². The second kappa shape index (κ2) is 5.50. The lowest BCUT2D eigenvalue weighted by Gasteiger charge is -2.07. The Hall–Kier alpha value is -1.56. The molecule has 86 valence electrons. The van der Waals surface area contributed by atoms with Crippen LogP contribution in [0.4, 0.5) is 10.5 Å². The first kappa shape index (κ1) is 12.5. The first-order valence-electron chi connectivity index (χ1n) is 4.58. The van der Waals surface area contributed by atoms with Gasteiger partial charge < -0.3 is 16.4 Å². The quantitative estimate of drug-likeness (QED) is 0.784. The number of carbonyl (C=O) groups is 2. The van der Waals surface area contributed by atoms with Crippen molar-refractivity contribution in [3.8, 4) is 0 Å². The van der Waals surface area contributed by atoms with E-state index in [2.05, 4.69) is 26.6 Å². The summed E-state index contributed by atoms with van der Waals surface area (Å²) in [6, 6.07) is 4.71. The molecule has 0 aliphatic carbocycles. The van der Waals surface area contributed by atoms with E-state index in [1.54, 1.807) is 6.07 Å². The fraction of sp³-hybridized carbons (Fsp3) is 0.200. The molecule has 0 atom stereocenters. The van der Waals surface area contributed by atoms with Crippen LogP contribution >= 0.6 is 15.9 Å². The highest BCUT2D eigenvalue weighted by Gasteiger charge is 2.04. The maximum absolute atomic E-state index is 11.3. The van der Waals surface area contributed by atoms with E-state index in [-0.39, 0.29) is 12.5 Å². The van der Waals surface area contributed by atoms with E-state index >= 15 is 0 Å². The van der Waals surface area contributed by atoms with E-state index in [9.17, 15) is 9.59 Å².